The molecule has 3 rings (SSSR count). The van der Waals surface area contributed by atoms with E-state index >= 15 is 0 Å². The van der Waals surface area contributed by atoms with Crippen molar-refractivity contribution >= 4 is 44.3 Å². The van der Waals surface area contributed by atoms with Crippen molar-refractivity contribution < 1.29 is 13.2 Å². The van der Waals surface area contributed by atoms with Crippen LogP contribution in [0.25, 0.3) is 10.6 Å². The van der Waals surface area contributed by atoms with E-state index in [1.807, 2.05) is 24.4 Å². The lowest BCUT2D eigenvalue weighted by Crippen LogP contribution is -2.22. The van der Waals surface area contributed by atoms with Crippen LogP contribution >= 0.6 is 22.7 Å². The molecule has 142 valence electrons. The van der Waals surface area contributed by atoms with Crippen molar-refractivity contribution in [2.24, 2.45) is 0 Å². The van der Waals surface area contributed by atoms with Crippen molar-refractivity contribution in [3.05, 3.63) is 51.7 Å². The number of anilines is 1. The first-order valence-corrected chi connectivity index (χ1v) is 11.2. The molecule has 3 aromatic rings. The summed E-state index contributed by atoms with van der Waals surface area (Å²) in [7, 11) is -0.610. The quantitative estimate of drug-likeness (QED) is 0.659. The zero-order valence-electron chi connectivity index (χ0n) is 15.1. The number of sulfonamides is 1. The summed E-state index contributed by atoms with van der Waals surface area (Å²) < 4.78 is 25.6. The lowest BCUT2D eigenvalue weighted by atomic mass is 10.2. The van der Waals surface area contributed by atoms with Gasteiger partial charge in [0, 0.05) is 24.7 Å². The van der Waals surface area contributed by atoms with Crippen molar-refractivity contribution in [3.63, 3.8) is 0 Å². The average Bonchev–Trinajstić information content (AvgIpc) is 3.24. The van der Waals surface area contributed by atoms with Crippen LogP contribution in [-0.2, 0) is 21.2 Å². The maximum Gasteiger partial charge on any atom is 0.242 e. The molecule has 0 saturated heterocycles. The second-order valence-electron chi connectivity index (χ2n) is 6.02. The van der Waals surface area contributed by atoms with Gasteiger partial charge in [-0.2, -0.15) is 0 Å². The highest BCUT2D eigenvalue weighted by Crippen LogP contribution is 2.31. The van der Waals surface area contributed by atoms with Gasteiger partial charge in [0.05, 0.1) is 26.9 Å². The molecular weight excluding hydrogens is 402 g/mol. The topological polar surface area (TPSA) is 79.4 Å². The lowest BCUT2D eigenvalue weighted by Gasteiger charge is -2.12. The number of amides is 1. The van der Waals surface area contributed by atoms with Gasteiger partial charge in [-0.3, -0.25) is 4.79 Å². The van der Waals surface area contributed by atoms with E-state index < -0.39 is 10.0 Å². The SMILES string of the molecule is Cc1nc(-c2cccs2)c(CC(=O)Nc2cccc(S(=O)(=O)N(C)C)c2)s1. The minimum atomic E-state index is -3.55. The first-order valence-electron chi connectivity index (χ1n) is 8.10. The van der Waals surface area contributed by atoms with Gasteiger partial charge in [0.1, 0.15) is 0 Å². The van der Waals surface area contributed by atoms with E-state index in [9.17, 15) is 13.2 Å². The molecule has 0 aliphatic rings. The summed E-state index contributed by atoms with van der Waals surface area (Å²) >= 11 is 3.08. The number of carbonyl (C=O) groups is 1. The van der Waals surface area contributed by atoms with E-state index in [4.69, 9.17) is 0 Å². The molecule has 27 heavy (non-hydrogen) atoms. The molecule has 0 atom stereocenters. The zero-order valence-corrected chi connectivity index (χ0v) is 17.5. The molecule has 2 heterocycles. The van der Waals surface area contributed by atoms with E-state index in [1.165, 1.54) is 37.6 Å². The number of benzene rings is 1. The molecule has 2 aromatic heterocycles. The fourth-order valence-corrected chi connectivity index (χ4v) is 5.19. The molecule has 0 spiro atoms. The third kappa shape index (κ3) is 4.44. The van der Waals surface area contributed by atoms with Crippen molar-refractivity contribution in [1.29, 1.82) is 0 Å². The van der Waals surface area contributed by atoms with Crippen LogP contribution < -0.4 is 5.32 Å². The van der Waals surface area contributed by atoms with Crippen molar-refractivity contribution in [1.82, 2.24) is 9.29 Å². The van der Waals surface area contributed by atoms with Gasteiger partial charge in [-0.05, 0) is 36.6 Å². The van der Waals surface area contributed by atoms with Crippen LogP contribution in [0.2, 0.25) is 0 Å². The van der Waals surface area contributed by atoms with Crippen LogP contribution in [0.1, 0.15) is 9.88 Å². The molecule has 6 nitrogen and oxygen atoms in total. The van der Waals surface area contributed by atoms with Gasteiger partial charge in [0.2, 0.25) is 15.9 Å². The van der Waals surface area contributed by atoms with Gasteiger partial charge in [0.15, 0.2) is 0 Å². The van der Waals surface area contributed by atoms with E-state index in [-0.39, 0.29) is 17.2 Å². The van der Waals surface area contributed by atoms with Crippen LogP contribution in [0, 0.1) is 6.92 Å². The Hall–Kier alpha value is -2.07. The highest BCUT2D eigenvalue weighted by Gasteiger charge is 2.19. The van der Waals surface area contributed by atoms with Gasteiger partial charge in [0.25, 0.3) is 0 Å². The van der Waals surface area contributed by atoms with E-state index in [0.717, 1.165) is 24.8 Å². The number of hydrogen-bond acceptors (Lipinski definition) is 6. The largest absolute Gasteiger partial charge is 0.326 e. The number of aromatic nitrogens is 1. The summed E-state index contributed by atoms with van der Waals surface area (Å²) in [5, 5.41) is 5.66. The van der Waals surface area contributed by atoms with Gasteiger partial charge >= 0.3 is 0 Å². The maximum atomic E-state index is 12.5. The Bertz CT molecular complexity index is 1050. The molecule has 1 amide bonds. The van der Waals surface area contributed by atoms with Crippen LogP contribution in [0.4, 0.5) is 5.69 Å². The van der Waals surface area contributed by atoms with Crippen molar-refractivity contribution in [2.75, 3.05) is 19.4 Å². The monoisotopic (exact) mass is 421 g/mol. The van der Waals surface area contributed by atoms with Crippen molar-refractivity contribution in [2.45, 2.75) is 18.2 Å². The second kappa shape index (κ2) is 7.89. The third-order valence-corrected chi connectivity index (χ3v) is 7.43. The van der Waals surface area contributed by atoms with Crippen molar-refractivity contribution in [3.8, 4) is 10.6 Å². The maximum absolute atomic E-state index is 12.5. The number of nitrogens with zero attached hydrogens (tertiary/aromatic N) is 2. The Morgan fingerprint density at radius 2 is 2.00 bits per heavy atom. The number of hydrogen-bond donors (Lipinski definition) is 1. The van der Waals surface area contributed by atoms with E-state index in [0.29, 0.717) is 5.69 Å². The standard InChI is InChI=1S/C18H19N3O3S3/c1-12-19-18(15-8-5-9-25-15)16(26-12)11-17(22)20-13-6-4-7-14(10-13)27(23,24)21(2)3/h4-10H,11H2,1-3H3,(H,20,22). The van der Waals surface area contributed by atoms with Crippen LogP contribution in [0.5, 0.6) is 0 Å². The highest BCUT2D eigenvalue weighted by molar-refractivity contribution is 7.89. The van der Waals surface area contributed by atoms with E-state index in [1.54, 1.807) is 23.5 Å². The Kier molecular flexibility index (Phi) is 5.75. The highest BCUT2D eigenvalue weighted by atomic mass is 32.2. The summed E-state index contributed by atoms with van der Waals surface area (Å²) in [6.45, 7) is 1.92. The zero-order chi connectivity index (χ0) is 19.6. The number of aryl methyl sites for hydroxylation is 1. The third-order valence-electron chi connectivity index (χ3n) is 3.78. The molecule has 0 aliphatic carbocycles. The predicted octanol–water partition coefficient (Wildman–Crippen LogP) is 3.61. The summed E-state index contributed by atoms with van der Waals surface area (Å²) in [6.07, 6.45) is 0.184. The van der Waals surface area contributed by atoms with Gasteiger partial charge in [-0.25, -0.2) is 17.7 Å². The average molecular weight is 422 g/mol. The molecule has 1 N–H and O–H groups in total. The summed E-state index contributed by atoms with van der Waals surface area (Å²) in [6, 6.07) is 10.2. The Labute approximate surface area is 166 Å². The van der Waals surface area contributed by atoms with Gasteiger partial charge in [-0.15, -0.1) is 22.7 Å². The number of thiazole rings is 1. The van der Waals surface area contributed by atoms with Gasteiger partial charge < -0.3 is 5.32 Å². The summed E-state index contributed by atoms with van der Waals surface area (Å²) in [5.41, 5.74) is 1.29. The van der Waals surface area contributed by atoms with E-state index in [2.05, 4.69) is 10.3 Å². The first-order chi connectivity index (χ1) is 12.8. The molecule has 0 radical (unpaired) electrons. The Balaban J connectivity index is 1.78. The number of carbonyl (C=O) groups excluding carboxylic acids is 1. The molecule has 0 saturated carbocycles. The molecule has 0 unspecified atom stereocenters. The Morgan fingerprint density at radius 1 is 1.22 bits per heavy atom. The van der Waals surface area contributed by atoms with Crippen LogP contribution in [-0.4, -0.2) is 37.7 Å². The smallest absolute Gasteiger partial charge is 0.242 e. The normalized spacial score (nSPS) is 11.7. The number of nitrogens with one attached hydrogen (secondary N) is 1. The summed E-state index contributed by atoms with van der Waals surface area (Å²) in [5.74, 6) is -0.212. The number of thiophene rings is 1. The Morgan fingerprint density at radius 3 is 2.67 bits per heavy atom. The number of rotatable bonds is 6. The fraction of sp³-hybridized carbons (Fsp3) is 0.222. The fourth-order valence-electron chi connectivity index (χ4n) is 2.49. The minimum Gasteiger partial charge on any atom is -0.326 e. The molecular formula is C18H19N3O3S3. The van der Waals surface area contributed by atoms with Crippen LogP contribution in [0.15, 0.2) is 46.7 Å². The lowest BCUT2D eigenvalue weighted by molar-refractivity contribution is -0.115. The van der Waals surface area contributed by atoms with Crippen LogP contribution in [0.3, 0.4) is 0 Å². The molecule has 0 aliphatic heterocycles. The summed E-state index contributed by atoms with van der Waals surface area (Å²) in [4.78, 5) is 19.1. The molecule has 9 heteroatoms. The van der Waals surface area contributed by atoms with Gasteiger partial charge in [-0.1, -0.05) is 12.1 Å². The first kappa shape index (κ1) is 19.7. The second-order valence-corrected chi connectivity index (χ2v) is 10.4. The minimum absolute atomic E-state index is 0.137. The molecule has 0 bridgehead atoms. The molecule has 1 aromatic carbocycles. The molecule has 0 fully saturated rings. The predicted molar refractivity (Wildman–Crippen MR) is 110 cm³/mol.